The number of rotatable bonds is 14. The van der Waals surface area contributed by atoms with Crippen LogP contribution in [0.2, 0.25) is 0 Å². The summed E-state index contributed by atoms with van der Waals surface area (Å²) in [7, 11) is 0.0591. The number of benzene rings is 1. The van der Waals surface area contributed by atoms with Crippen molar-refractivity contribution < 1.29 is 13.2 Å². The van der Waals surface area contributed by atoms with E-state index in [9.17, 15) is 8.42 Å². The molecule has 0 amide bonds. The van der Waals surface area contributed by atoms with Gasteiger partial charge in [-0.25, -0.2) is 18.1 Å². The van der Waals surface area contributed by atoms with E-state index in [1.807, 2.05) is 20.0 Å². The van der Waals surface area contributed by atoms with Crippen LogP contribution in [0.25, 0.3) is 0 Å². The molecule has 0 spiro atoms. The summed E-state index contributed by atoms with van der Waals surface area (Å²) in [6, 6.07) is 6.81. The maximum atomic E-state index is 12.2. The van der Waals surface area contributed by atoms with Crippen LogP contribution in [-0.4, -0.2) is 59.7 Å². The molecule has 0 atom stereocenters. The van der Waals surface area contributed by atoms with Gasteiger partial charge in [0, 0.05) is 33.8 Å². The van der Waals surface area contributed by atoms with Crippen molar-refractivity contribution in [3.05, 3.63) is 42.5 Å². The average molecular weight is 425 g/mol. The molecule has 0 aliphatic rings. The van der Waals surface area contributed by atoms with Gasteiger partial charge >= 0.3 is 0 Å². The van der Waals surface area contributed by atoms with Gasteiger partial charge in [0.15, 0.2) is 5.96 Å². The molecule has 0 heterocycles. The number of nitrogens with zero attached hydrogens (tertiary/aromatic N) is 2. The van der Waals surface area contributed by atoms with E-state index in [0.717, 1.165) is 37.5 Å². The average Bonchev–Trinajstić information content (AvgIpc) is 2.71. The zero-order valence-electron chi connectivity index (χ0n) is 18.0. The van der Waals surface area contributed by atoms with Gasteiger partial charge in [-0.15, -0.1) is 6.58 Å². The predicted octanol–water partition coefficient (Wildman–Crippen LogP) is 2.76. The van der Waals surface area contributed by atoms with Crippen LogP contribution < -0.4 is 10.0 Å². The first-order valence-electron chi connectivity index (χ1n) is 10.1. The van der Waals surface area contributed by atoms with Gasteiger partial charge in [-0.2, -0.15) is 0 Å². The van der Waals surface area contributed by atoms with Gasteiger partial charge in [0.05, 0.1) is 18.0 Å². The molecular formula is C21H36N4O3S. The number of ether oxygens (including phenoxy) is 1. The van der Waals surface area contributed by atoms with Crippen LogP contribution in [0.3, 0.4) is 0 Å². The summed E-state index contributed by atoms with van der Waals surface area (Å²) in [6.07, 6.45) is 6.47. The Morgan fingerprint density at radius 2 is 1.97 bits per heavy atom. The number of unbranched alkanes of at least 4 members (excludes halogenated alkanes) is 3. The zero-order chi connectivity index (χ0) is 21.5. The van der Waals surface area contributed by atoms with Gasteiger partial charge in [-0.3, -0.25) is 0 Å². The molecule has 0 unspecified atom stereocenters. The van der Waals surface area contributed by atoms with Crippen molar-refractivity contribution in [2.75, 3.05) is 40.4 Å². The molecule has 1 aromatic carbocycles. The van der Waals surface area contributed by atoms with E-state index >= 15 is 0 Å². The topological polar surface area (TPSA) is 83.0 Å². The summed E-state index contributed by atoms with van der Waals surface area (Å²) in [4.78, 5) is 7.06. The normalized spacial score (nSPS) is 12.0. The summed E-state index contributed by atoms with van der Waals surface area (Å²) < 4.78 is 31.8. The highest BCUT2D eigenvalue weighted by molar-refractivity contribution is 7.89. The van der Waals surface area contributed by atoms with E-state index < -0.39 is 10.0 Å². The van der Waals surface area contributed by atoms with Crippen LogP contribution in [0, 0.1) is 0 Å². The lowest BCUT2D eigenvalue weighted by atomic mass is 10.2. The van der Waals surface area contributed by atoms with Crippen molar-refractivity contribution >= 4 is 16.0 Å². The van der Waals surface area contributed by atoms with E-state index in [1.54, 1.807) is 24.3 Å². The molecule has 0 fully saturated rings. The Bertz CT molecular complexity index is 718. The number of aliphatic imine (C=N–C) groups is 1. The highest BCUT2D eigenvalue weighted by Crippen LogP contribution is 2.11. The third kappa shape index (κ3) is 9.92. The molecule has 0 aromatic heterocycles. The summed E-state index contributed by atoms with van der Waals surface area (Å²) in [5.74, 6) is 0.856. The number of methoxy groups -OCH3 is 1. The Morgan fingerprint density at radius 3 is 2.59 bits per heavy atom. The lowest BCUT2D eigenvalue weighted by Crippen LogP contribution is -2.39. The van der Waals surface area contributed by atoms with Crippen molar-refractivity contribution in [2.24, 2.45) is 4.99 Å². The van der Waals surface area contributed by atoms with E-state index in [4.69, 9.17) is 4.74 Å². The number of guanidine groups is 1. The summed E-state index contributed by atoms with van der Waals surface area (Å²) >= 11 is 0. The van der Waals surface area contributed by atoms with E-state index in [0.29, 0.717) is 13.2 Å². The molecule has 0 saturated carbocycles. The SMILES string of the molecule is C=CCCCCCN(C)C(=NCc1ccc(S(=O)(=O)NCCOC)cc1)NCC. The second-order valence-corrected chi connectivity index (χ2v) is 8.53. The second-order valence-electron chi connectivity index (χ2n) is 6.76. The number of allylic oxidation sites excluding steroid dienone is 1. The summed E-state index contributed by atoms with van der Waals surface area (Å²) in [5, 5.41) is 3.31. The Balaban J connectivity index is 2.66. The number of sulfonamides is 1. The first-order valence-corrected chi connectivity index (χ1v) is 11.6. The molecule has 8 heteroatoms. The van der Waals surface area contributed by atoms with Crippen LogP contribution in [-0.2, 0) is 21.3 Å². The maximum absolute atomic E-state index is 12.2. The molecule has 0 saturated heterocycles. The Morgan fingerprint density at radius 1 is 1.24 bits per heavy atom. The van der Waals surface area contributed by atoms with Gasteiger partial charge in [0.2, 0.25) is 10.0 Å². The van der Waals surface area contributed by atoms with Crippen LogP contribution >= 0.6 is 0 Å². The zero-order valence-corrected chi connectivity index (χ0v) is 18.8. The summed E-state index contributed by atoms with van der Waals surface area (Å²) in [5.41, 5.74) is 0.954. The van der Waals surface area contributed by atoms with Gasteiger partial charge in [0.25, 0.3) is 0 Å². The van der Waals surface area contributed by atoms with Crippen LogP contribution in [0.15, 0.2) is 46.8 Å². The minimum Gasteiger partial charge on any atom is -0.383 e. The number of hydrogen-bond acceptors (Lipinski definition) is 4. The van der Waals surface area contributed by atoms with Gasteiger partial charge < -0.3 is 15.0 Å². The first kappa shape index (κ1) is 25.1. The maximum Gasteiger partial charge on any atom is 0.240 e. The van der Waals surface area contributed by atoms with Crippen LogP contribution in [0.4, 0.5) is 0 Å². The Kier molecular flexibility index (Phi) is 12.3. The first-order chi connectivity index (χ1) is 13.9. The lowest BCUT2D eigenvalue weighted by Gasteiger charge is -2.22. The highest BCUT2D eigenvalue weighted by Gasteiger charge is 2.13. The van der Waals surface area contributed by atoms with Crippen molar-refractivity contribution in [1.82, 2.24) is 14.9 Å². The van der Waals surface area contributed by atoms with E-state index in [2.05, 4.69) is 26.5 Å². The molecule has 0 aliphatic carbocycles. The molecule has 29 heavy (non-hydrogen) atoms. The third-order valence-corrected chi connectivity index (χ3v) is 5.82. The molecule has 1 rings (SSSR count). The molecule has 2 N–H and O–H groups in total. The molecule has 7 nitrogen and oxygen atoms in total. The standard InChI is InChI=1S/C21H36N4O3S/c1-5-7-8-9-10-16-25(3)21(22-6-2)23-18-19-11-13-20(14-12-19)29(26,27)24-15-17-28-4/h5,11-14,24H,1,6-10,15-18H2,2-4H3,(H,22,23). The van der Waals surface area contributed by atoms with Crippen LogP contribution in [0.5, 0.6) is 0 Å². The van der Waals surface area contributed by atoms with Gasteiger partial charge in [0.1, 0.15) is 0 Å². The summed E-state index contributed by atoms with van der Waals surface area (Å²) in [6.45, 7) is 8.60. The molecule has 0 bridgehead atoms. The number of hydrogen-bond donors (Lipinski definition) is 2. The lowest BCUT2D eigenvalue weighted by molar-refractivity contribution is 0.204. The van der Waals surface area contributed by atoms with Crippen molar-refractivity contribution in [1.29, 1.82) is 0 Å². The Hall–Kier alpha value is -1.90. The molecular weight excluding hydrogens is 388 g/mol. The van der Waals surface area contributed by atoms with E-state index in [1.165, 1.54) is 20.0 Å². The van der Waals surface area contributed by atoms with Crippen molar-refractivity contribution in [2.45, 2.75) is 44.0 Å². The van der Waals surface area contributed by atoms with Crippen molar-refractivity contribution in [3.8, 4) is 0 Å². The van der Waals surface area contributed by atoms with Crippen molar-refractivity contribution in [3.63, 3.8) is 0 Å². The monoisotopic (exact) mass is 424 g/mol. The second kappa shape index (κ2) is 14.1. The van der Waals surface area contributed by atoms with Gasteiger partial charge in [-0.05, 0) is 43.9 Å². The van der Waals surface area contributed by atoms with Crippen LogP contribution in [0.1, 0.15) is 38.2 Å². The Labute approximate surface area is 176 Å². The quantitative estimate of drug-likeness (QED) is 0.208. The molecule has 164 valence electrons. The van der Waals surface area contributed by atoms with Gasteiger partial charge in [-0.1, -0.05) is 24.6 Å². The third-order valence-electron chi connectivity index (χ3n) is 4.34. The fourth-order valence-electron chi connectivity index (χ4n) is 2.69. The smallest absolute Gasteiger partial charge is 0.240 e. The largest absolute Gasteiger partial charge is 0.383 e. The minimum atomic E-state index is -3.51. The molecule has 0 radical (unpaired) electrons. The number of nitrogens with one attached hydrogen (secondary N) is 2. The molecule has 0 aliphatic heterocycles. The van der Waals surface area contributed by atoms with E-state index in [-0.39, 0.29) is 11.4 Å². The minimum absolute atomic E-state index is 0.241. The fourth-order valence-corrected chi connectivity index (χ4v) is 3.70. The molecule has 1 aromatic rings. The highest BCUT2D eigenvalue weighted by atomic mass is 32.2. The fraction of sp³-hybridized carbons (Fsp3) is 0.571. The predicted molar refractivity (Wildman–Crippen MR) is 120 cm³/mol.